The minimum atomic E-state index is -1.72. The van der Waals surface area contributed by atoms with Crippen molar-refractivity contribution in [3.8, 4) is 11.1 Å². The van der Waals surface area contributed by atoms with Crippen LogP contribution in [0.15, 0.2) is 66.7 Å². The molecule has 1 aliphatic rings. The Hall–Kier alpha value is -3.78. The zero-order valence-electron chi connectivity index (χ0n) is 15.5. The molecular weight excluding hydrogens is 374 g/mol. The lowest BCUT2D eigenvalue weighted by Crippen LogP contribution is -2.49. The first-order valence-electron chi connectivity index (χ1n) is 9.01. The van der Waals surface area contributed by atoms with E-state index < -0.39 is 15.6 Å². The lowest BCUT2D eigenvalue weighted by Gasteiger charge is -2.46. The smallest absolute Gasteiger partial charge is 0.271 e. The van der Waals surface area contributed by atoms with Gasteiger partial charge in [-0.15, -0.1) is 0 Å². The average molecular weight is 391 g/mol. The molecule has 0 radical (unpaired) electrons. The standard InChI is InChI=1S/C21H17N3O5/c1-2-22-20-13-16(24(28)29)9-11-18(20)17-10-8-15(23(26)27)12-19(17)21(22,25)14-6-4-3-5-7-14/h3-13,25H,2H2,1H3. The summed E-state index contributed by atoms with van der Waals surface area (Å²) in [6.45, 7) is 2.14. The maximum absolute atomic E-state index is 12.0. The van der Waals surface area contributed by atoms with Gasteiger partial charge in [0.1, 0.15) is 0 Å². The Balaban J connectivity index is 2.09. The Morgan fingerprint density at radius 2 is 1.48 bits per heavy atom. The summed E-state index contributed by atoms with van der Waals surface area (Å²) in [6, 6.07) is 17.6. The molecule has 0 bridgehead atoms. The van der Waals surface area contributed by atoms with Gasteiger partial charge in [0.15, 0.2) is 5.72 Å². The fourth-order valence-corrected chi connectivity index (χ4v) is 3.95. The highest BCUT2D eigenvalue weighted by atomic mass is 16.6. The fourth-order valence-electron chi connectivity index (χ4n) is 3.95. The van der Waals surface area contributed by atoms with Crippen molar-refractivity contribution in [2.24, 2.45) is 0 Å². The zero-order chi connectivity index (χ0) is 20.8. The van der Waals surface area contributed by atoms with Gasteiger partial charge in [0.05, 0.1) is 15.5 Å². The first kappa shape index (κ1) is 18.6. The number of nitro benzene ring substituents is 2. The number of fused-ring (bicyclic) bond motifs is 3. The molecule has 0 saturated carbocycles. The molecular formula is C21H17N3O5. The first-order valence-corrected chi connectivity index (χ1v) is 9.01. The van der Waals surface area contributed by atoms with Gasteiger partial charge in [-0.3, -0.25) is 20.2 Å². The van der Waals surface area contributed by atoms with Gasteiger partial charge in [-0.2, -0.15) is 0 Å². The maximum Gasteiger partial charge on any atom is 0.271 e. The van der Waals surface area contributed by atoms with Crippen molar-refractivity contribution in [1.29, 1.82) is 0 Å². The van der Waals surface area contributed by atoms with Gasteiger partial charge in [0.2, 0.25) is 0 Å². The second-order valence-corrected chi connectivity index (χ2v) is 6.73. The molecule has 0 saturated heterocycles. The fraction of sp³-hybridized carbons (Fsp3) is 0.143. The average Bonchev–Trinajstić information content (AvgIpc) is 2.74. The van der Waals surface area contributed by atoms with E-state index in [1.165, 1.54) is 24.3 Å². The van der Waals surface area contributed by atoms with E-state index in [4.69, 9.17) is 0 Å². The Labute approximate surface area is 165 Å². The zero-order valence-corrected chi connectivity index (χ0v) is 15.5. The number of nitro groups is 2. The third kappa shape index (κ3) is 2.73. The Morgan fingerprint density at radius 3 is 2.07 bits per heavy atom. The van der Waals surface area contributed by atoms with E-state index in [9.17, 15) is 25.3 Å². The lowest BCUT2D eigenvalue weighted by atomic mass is 9.81. The van der Waals surface area contributed by atoms with Crippen molar-refractivity contribution >= 4 is 17.1 Å². The molecule has 0 aromatic heterocycles. The highest BCUT2D eigenvalue weighted by Crippen LogP contribution is 2.51. The summed E-state index contributed by atoms with van der Waals surface area (Å²) >= 11 is 0. The number of nitrogens with zero attached hydrogens (tertiary/aromatic N) is 3. The number of hydrogen-bond acceptors (Lipinski definition) is 6. The van der Waals surface area contributed by atoms with Gasteiger partial charge >= 0.3 is 0 Å². The van der Waals surface area contributed by atoms with Crippen LogP contribution in [0.25, 0.3) is 11.1 Å². The second kappa shape index (κ2) is 6.68. The molecule has 0 amide bonds. The molecule has 8 nitrogen and oxygen atoms in total. The third-order valence-corrected chi connectivity index (χ3v) is 5.25. The minimum absolute atomic E-state index is 0.0945. The van der Waals surface area contributed by atoms with E-state index >= 15 is 0 Å². The van der Waals surface area contributed by atoms with E-state index in [1.807, 2.05) is 6.92 Å². The number of non-ortho nitro benzene ring substituents is 2. The Morgan fingerprint density at radius 1 is 0.897 bits per heavy atom. The van der Waals surface area contributed by atoms with Crippen LogP contribution in [0, 0.1) is 20.2 Å². The van der Waals surface area contributed by atoms with E-state index in [0.717, 1.165) is 0 Å². The van der Waals surface area contributed by atoms with E-state index in [1.54, 1.807) is 47.4 Å². The number of anilines is 1. The molecule has 8 heteroatoms. The number of benzene rings is 3. The van der Waals surface area contributed by atoms with Crippen LogP contribution in [0.1, 0.15) is 18.1 Å². The first-order chi connectivity index (χ1) is 13.9. The van der Waals surface area contributed by atoms with Crippen LogP contribution < -0.4 is 4.90 Å². The molecule has 1 heterocycles. The normalized spacial score (nSPS) is 17.4. The molecule has 0 aliphatic carbocycles. The molecule has 1 unspecified atom stereocenters. The lowest BCUT2D eigenvalue weighted by molar-refractivity contribution is -0.385. The van der Waals surface area contributed by atoms with Crippen LogP contribution in [0.5, 0.6) is 0 Å². The largest absolute Gasteiger partial charge is 0.363 e. The van der Waals surface area contributed by atoms with Crippen LogP contribution in [0.4, 0.5) is 17.1 Å². The van der Waals surface area contributed by atoms with Crippen LogP contribution in [-0.2, 0) is 5.72 Å². The molecule has 4 rings (SSSR count). The predicted octanol–water partition coefficient (Wildman–Crippen LogP) is 4.20. The van der Waals surface area contributed by atoms with Crippen LogP contribution in [-0.4, -0.2) is 21.5 Å². The third-order valence-electron chi connectivity index (χ3n) is 5.25. The predicted molar refractivity (Wildman–Crippen MR) is 108 cm³/mol. The van der Waals surface area contributed by atoms with Gasteiger partial charge < -0.3 is 10.0 Å². The number of hydrogen-bond donors (Lipinski definition) is 1. The summed E-state index contributed by atoms with van der Waals surface area (Å²) in [6.07, 6.45) is 0. The quantitative estimate of drug-likeness (QED) is 0.527. The van der Waals surface area contributed by atoms with Gasteiger partial charge in [-0.25, -0.2) is 0 Å². The summed E-state index contributed by atoms with van der Waals surface area (Å²) in [5.41, 5.74) is 0.679. The van der Waals surface area contributed by atoms with Gasteiger partial charge in [0, 0.05) is 47.5 Å². The maximum atomic E-state index is 12.0. The molecule has 1 aliphatic heterocycles. The highest BCUT2D eigenvalue weighted by Gasteiger charge is 2.45. The highest BCUT2D eigenvalue weighted by molar-refractivity contribution is 5.88. The molecule has 0 fully saturated rings. The Kier molecular flexibility index (Phi) is 4.28. The molecule has 3 aromatic carbocycles. The van der Waals surface area contributed by atoms with Crippen molar-refractivity contribution in [2.45, 2.75) is 12.6 Å². The molecule has 3 aromatic rings. The van der Waals surface area contributed by atoms with E-state index in [0.29, 0.717) is 34.5 Å². The molecule has 29 heavy (non-hydrogen) atoms. The summed E-state index contributed by atoms with van der Waals surface area (Å²) in [5, 5.41) is 34.7. The van der Waals surface area contributed by atoms with Gasteiger partial charge in [-0.05, 0) is 24.6 Å². The van der Waals surface area contributed by atoms with Crippen molar-refractivity contribution in [2.75, 3.05) is 11.4 Å². The number of rotatable bonds is 4. The number of aliphatic hydroxyl groups is 1. The van der Waals surface area contributed by atoms with Crippen LogP contribution in [0.3, 0.4) is 0 Å². The summed E-state index contributed by atoms with van der Waals surface area (Å²) in [5.74, 6) is 0. The Bertz CT molecular complexity index is 1130. The van der Waals surface area contributed by atoms with Crippen molar-refractivity contribution in [3.05, 3.63) is 98.1 Å². The SMILES string of the molecule is CCN1c2cc([N+](=O)[O-])ccc2-c2ccc([N+](=O)[O-])cc2C1(O)c1ccccc1. The summed E-state index contributed by atoms with van der Waals surface area (Å²) in [7, 11) is 0. The summed E-state index contributed by atoms with van der Waals surface area (Å²) < 4.78 is 0. The van der Waals surface area contributed by atoms with Gasteiger partial charge in [0.25, 0.3) is 11.4 Å². The monoisotopic (exact) mass is 391 g/mol. The molecule has 1 atom stereocenters. The minimum Gasteiger partial charge on any atom is -0.363 e. The van der Waals surface area contributed by atoms with Crippen LogP contribution in [0.2, 0.25) is 0 Å². The van der Waals surface area contributed by atoms with Gasteiger partial charge in [-0.1, -0.05) is 30.3 Å². The molecule has 0 spiro atoms. The van der Waals surface area contributed by atoms with Crippen molar-refractivity contribution in [1.82, 2.24) is 0 Å². The van der Waals surface area contributed by atoms with Crippen molar-refractivity contribution < 1.29 is 15.0 Å². The topological polar surface area (TPSA) is 110 Å². The summed E-state index contributed by atoms with van der Waals surface area (Å²) in [4.78, 5) is 23.4. The van der Waals surface area contributed by atoms with E-state index in [2.05, 4.69) is 0 Å². The second-order valence-electron chi connectivity index (χ2n) is 6.73. The molecule has 146 valence electrons. The molecule has 1 N–H and O–H groups in total. The van der Waals surface area contributed by atoms with Crippen LogP contribution >= 0.6 is 0 Å². The van der Waals surface area contributed by atoms with Crippen molar-refractivity contribution in [3.63, 3.8) is 0 Å². The van der Waals surface area contributed by atoms with E-state index in [-0.39, 0.29) is 11.4 Å².